The highest BCUT2D eigenvalue weighted by atomic mass is 35.5. The molecule has 1 aromatic carbocycles. The van der Waals surface area contributed by atoms with Crippen LogP contribution in [-0.4, -0.2) is 44.2 Å². The minimum Gasteiger partial charge on any atom is -0.474 e. The number of rotatable bonds is 4. The monoisotopic (exact) mass is 331 g/mol. The second-order valence-electron chi connectivity index (χ2n) is 5.70. The maximum Gasteiger partial charge on any atom is 0.374 e. The smallest absolute Gasteiger partial charge is 0.374 e. The molecule has 2 aliphatic rings. The first-order valence-electron chi connectivity index (χ1n) is 7.44. The predicted molar refractivity (Wildman–Crippen MR) is 90.0 cm³/mol. The van der Waals surface area contributed by atoms with Gasteiger partial charge in [-0.3, -0.25) is 0 Å². The molecule has 3 rings (SSSR count). The maximum absolute atomic E-state index is 12.4. The molecule has 0 aromatic heterocycles. The zero-order valence-corrected chi connectivity index (χ0v) is 13.8. The number of hydrogen-bond acceptors (Lipinski definition) is 4. The summed E-state index contributed by atoms with van der Waals surface area (Å²) in [4.78, 5) is 14.4. The molecule has 23 heavy (non-hydrogen) atoms. The number of hydrogen-bond donors (Lipinski definition) is 0. The van der Waals surface area contributed by atoms with Gasteiger partial charge >= 0.3 is 5.97 Å². The molecule has 0 fully saturated rings. The van der Waals surface area contributed by atoms with E-state index in [-0.39, 0.29) is 11.9 Å². The van der Waals surface area contributed by atoms with Crippen molar-refractivity contribution >= 4 is 28.9 Å². The van der Waals surface area contributed by atoms with Gasteiger partial charge in [-0.15, -0.1) is 0 Å². The first kappa shape index (κ1) is 15.8. The van der Waals surface area contributed by atoms with Gasteiger partial charge in [0, 0.05) is 22.4 Å². The summed E-state index contributed by atoms with van der Waals surface area (Å²) in [6.45, 7) is 0.989. The number of benzene rings is 1. The number of carbonyl (C=O) groups is 1. The Morgan fingerprint density at radius 2 is 2.04 bits per heavy atom. The molecular formula is C18H18ClNO3. The summed E-state index contributed by atoms with van der Waals surface area (Å²) in [6, 6.07) is 7.64. The van der Waals surface area contributed by atoms with Crippen molar-refractivity contribution in [2.75, 3.05) is 27.2 Å². The molecule has 0 saturated heterocycles. The fourth-order valence-corrected chi connectivity index (χ4v) is 2.75. The van der Waals surface area contributed by atoms with Crippen LogP contribution < -0.4 is 10.4 Å². The lowest BCUT2D eigenvalue weighted by molar-refractivity contribution is -0.139. The second-order valence-corrected chi connectivity index (χ2v) is 6.13. The number of halogens is 1. The van der Waals surface area contributed by atoms with Crippen LogP contribution in [0.25, 0.3) is 11.3 Å². The number of ether oxygens (including phenoxy) is 2. The average Bonchev–Trinajstić information content (AvgIpc) is 2.53. The van der Waals surface area contributed by atoms with Crippen LogP contribution in [-0.2, 0) is 14.3 Å². The fourth-order valence-electron chi connectivity index (χ4n) is 2.56. The van der Waals surface area contributed by atoms with E-state index in [0.29, 0.717) is 18.2 Å². The lowest BCUT2D eigenvalue weighted by Crippen LogP contribution is -2.41. The van der Waals surface area contributed by atoms with E-state index in [2.05, 4.69) is 0 Å². The van der Waals surface area contributed by atoms with Crippen LogP contribution in [0.1, 0.15) is 0 Å². The Hall–Kier alpha value is -2.04. The van der Waals surface area contributed by atoms with Gasteiger partial charge in [0.15, 0.2) is 0 Å². The van der Waals surface area contributed by atoms with Crippen molar-refractivity contribution in [2.45, 2.75) is 6.10 Å². The molecule has 1 aliphatic carbocycles. The Balaban J connectivity index is 2.02. The first-order chi connectivity index (χ1) is 11.1. The molecule has 1 aliphatic heterocycles. The maximum atomic E-state index is 12.4. The van der Waals surface area contributed by atoms with Crippen molar-refractivity contribution in [3.8, 4) is 0 Å². The van der Waals surface area contributed by atoms with E-state index in [9.17, 15) is 4.79 Å². The van der Waals surface area contributed by atoms with Crippen molar-refractivity contribution in [1.29, 1.82) is 0 Å². The van der Waals surface area contributed by atoms with Gasteiger partial charge in [-0.1, -0.05) is 35.9 Å². The summed E-state index contributed by atoms with van der Waals surface area (Å²) < 4.78 is 11.2. The van der Waals surface area contributed by atoms with E-state index in [1.165, 1.54) is 0 Å². The minimum absolute atomic E-state index is 0.254. The largest absolute Gasteiger partial charge is 0.474 e. The molecule has 1 heterocycles. The standard InChI is InChI=1S/C18H18ClNO3/c1-20(2)9-10-22-18(21)17-14-6-4-3-5-13(14)15-11-12(19)7-8-16(15)23-17/h3-8,11,16H,9-10H2,1-2H3. The molecule has 0 bridgehead atoms. The van der Waals surface area contributed by atoms with Crippen LogP contribution >= 0.6 is 11.6 Å². The summed E-state index contributed by atoms with van der Waals surface area (Å²) in [5.41, 5.74) is 0.956. The number of allylic oxidation sites excluding steroid dienone is 2. The molecule has 1 unspecified atom stereocenters. The van der Waals surface area contributed by atoms with Crippen LogP contribution in [0.4, 0.5) is 0 Å². The Labute approximate surface area is 139 Å². The number of fused-ring (bicyclic) bond motifs is 2. The Morgan fingerprint density at radius 3 is 2.78 bits per heavy atom. The first-order valence-corrected chi connectivity index (χ1v) is 7.81. The Morgan fingerprint density at radius 1 is 1.30 bits per heavy atom. The van der Waals surface area contributed by atoms with Gasteiger partial charge in [0.05, 0.1) is 0 Å². The Bertz CT molecular complexity index is 808. The summed E-state index contributed by atoms with van der Waals surface area (Å²) in [5, 5.41) is 2.34. The highest BCUT2D eigenvalue weighted by Gasteiger charge is 2.26. The molecule has 4 nitrogen and oxygen atoms in total. The van der Waals surface area contributed by atoms with E-state index in [0.717, 1.165) is 16.0 Å². The van der Waals surface area contributed by atoms with Gasteiger partial charge in [0.25, 0.3) is 0 Å². The zero-order valence-electron chi connectivity index (χ0n) is 13.1. The van der Waals surface area contributed by atoms with Gasteiger partial charge in [-0.05, 0) is 37.5 Å². The topological polar surface area (TPSA) is 38.8 Å². The quantitative estimate of drug-likeness (QED) is 0.776. The SMILES string of the molecule is CN(C)CCOC(=O)C1=c2ccccc2=C2C=C(Cl)C=CC2O1. The van der Waals surface area contributed by atoms with E-state index < -0.39 is 5.97 Å². The third kappa shape index (κ3) is 3.33. The molecule has 1 atom stereocenters. The summed E-state index contributed by atoms with van der Waals surface area (Å²) >= 11 is 6.09. The molecule has 5 heteroatoms. The van der Waals surface area contributed by atoms with Crippen LogP contribution in [0, 0.1) is 0 Å². The van der Waals surface area contributed by atoms with Crippen molar-refractivity contribution in [3.63, 3.8) is 0 Å². The molecule has 0 spiro atoms. The highest BCUT2D eigenvalue weighted by molar-refractivity contribution is 6.32. The van der Waals surface area contributed by atoms with E-state index in [4.69, 9.17) is 21.1 Å². The lowest BCUT2D eigenvalue weighted by atomic mass is 9.98. The normalized spacial score (nSPS) is 19.0. The van der Waals surface area contributed by atoms with Crippen molar-refractivity contribution in [1.82, 2.24) is 4.90 Å². The van der Waals surface area contributed by atoms with E-state index in [1.807, 2.05) is 55.4 Å². The van der Waals surface area contributed by atoms with Gasteiger partial charge in [0.1, 0.15) is 12.7 Å². The molecule has 0 radical (unpaired) electrons. The molecule has 0 saturated carbocycles. The average molecular weight is 332 g/mol. The van der Waals surface area contributed by atoms with Gasteiger partial charge in [0.2, 0.25) is 5.76 Å². The number of carbonyl (C=O) groups excluding carboxylic acids is 1. The lowest BCUT2D eigenvalue weighted by Gasteiger charge is -2.25. The number of esters is 1. The number of nitrogens with zero attached hydrogens (tertiary/aromatic N) is 1. The van der Waals surface area contributed by atoms with E-state index in [1.54, 1.807) is 6.08 Å². The zero-order chi connectivity index (χ0) is 16.4. The molecule has 120 valence electrons. The molecule has 0 N–H and O–H groups in total. The fraction of sp³-hybridized carbons (Fsp3) is 0.278. The highest BCUT2D eigenvalue weighted by Crippen LogP contribution is 2.25. The van der Waals surface area contributed by atoms with Crippen LogP contribution in [0.15, 0.2) is 47.5 Å². The van der Waals surface area contributed by atoms with Crippen LogP contribution in [0.2, 0.25) is 0 Å². The van der Waals surface area contributed by atoms with Crippen LogP contribution in [0.5, 0.6) is 0 Å². The molecule has 1 aromatic rings. The summed E-state index contributed by atoms with van der Waals surface area (Å²) in [5.74, 6) is -0.184. The van der Waals surface area contributed by atoms with Gasteiger partial charge < -0.3 is 14.4 Å². The van der Waals surface area contributed by atoms with Crippen molar-refractivity contribution in [2.24, 2.45) is 0 Å². The summed E-state index contributed by atoms with van der Waals surface area (Å²) in [6.07, 6.45) is 5.18. The second kappa shape index (κ2) is 6.60. The molecule has 0 amide bonds. The molecular weight excluding hydrogens is 314 g/mol. The van der Waals surface area contributed by atoms with Crippen molar-refractivity contribution in [3.05, 3.63) is 58.0 Å². The summed E-state index contributed by atoms with van der Waals surface area (Å²) in [7, 11) is 3.86. The van der Waals surface area contributed by atoms with Crippen molar-refractivity contribution < 1.29 is 14.3 Å². The number of likely N-dealkylation sites (N-methyl/N-ethyl adjacent to an activating group) is 1. The predicted octanol–water partition coefficient (Wildman–Crippen LogP) is 1.14. The minimum atomic E-state index is -0.438. The Kier molecular flexibility index (Phi) is 4.55. The third-order valence-electron chi connectivity index (χ3n) is 3.71. The van der Waals surface area contributed by atoms with Gasteiger partial charge in [-0.25, -0.2) is 4.79 Å². The van der Waals surface area contributed by atoms with Crippen LogP contribution in [0.3, 0.4) is 0 Å². The third-order valence-corrected chi connectivity index (χ3v) is 3.95. The van der Waals surface area contributed by atoms with Gasteiger partial charge in [-0.2, -0.15) is 0 Å². The van der Waals surface area contributed by atoms with E-state index >= 15 is 0 Å².